The van der Waals surface area contributed by atoms with Crippen LogP contribution in [0, 0.1) is 0 Å². The summed E-state index contributed by atoms with van der Waals surface area (Å²) in [6.45, 7) is 7.05. The molecule has 0 saturated heterocycles. The number of anilines is 1. The lowest BCUT2D eigenvalue weighted by Crippen LogP contribution is -2.30. The SMILES string of the molecule is CCCN(CCC)CCc1ccc(NS(=O)(=O)C(F)(F)F)c(OCc2ccccc2)c1. The summed E-state index contributed by atoms with van der Waals surface area (Å²) in [4.78, 5) is 2.32. The summed E-state index contributed by atoms with van der Waals surface area (Å²) >= 11 is 0. The Kier molecular flexibility index (Phi) is 9.18. The molecular formula is C22H29F3N2O3S. The summed E-state index contributed by atoms with van der Waals surface area (Å²) in [5, 5.41) is 0. The van der Waals surface area contributed by atoms with Crippen molar-refractivity contribution in [1.82, 2.24) is 4.90 Å². The van der Waals surface area contributed by atoms with Crippen LogP contribution in [0.3, 0.4) is 0 Å². The molecule has 0 amide bonds. The quantitative estimate of drug-likeness (QED) is 0.476. The summed E-state index contributed by atoms with van der Waals surface area (Å²) in [5.74, 6) is 0.0618. The zero-order chi connectivity index (χ0) is 22.9. The van der Waals surface area contributed by atoms with Crippen LogP contribution < -0.4 is 9.46 Å². The van der Waals surface area contributed by atoms with Gasteiger partial charge >= 0.3 is 15.5 Å². The molecule has 0 saturated carbocycles. The number of hydrogen-bond donors (Lipinski definition) is 1. The van der Waals surface area contributed by atoms with Gasteiger partial charge in [0, 0.05) is 6.54 Å². The van der Waals surface area contributed by atoms with Gasteiger partial charge in [-0.15, -0.1) is 0 Å². The van der Waals surface area contributed by atoms with Crippen LogP contribution in [0.4, 0.5) is 18.9 Å². The summed E-state index contributed by atoms with van der Waals surface area (Å²) < 4.78 is 69.0. The van der Waals surface area contributed by atoms with Crippen molar-refractivity contribution in [3.05, 3.63) is 59.7 Å². The number of sulfonamides is 1. The summed E-state index contributed by atoms with van der Waals surface area (Å²) in [6, 6.07) is 13.7. The predicted molar refractivity (Wildman–Crippen MR) is 117 cm³/mol. The van der Waals surface area contributed by atoms with Gasteiger partial charge in [0.15, 0.2) is 0 Å². The molecular weight excluding hydrogens is 429 g/mol. The molecule has 0 atom stereocenters. The van der Waals surface area contributed by atoms with E-state index in [0.29, 0.717) is 6.42 Å². The summed E-state index contributed by atoms with van der Waals surface area (Å²) in [5.41, 5.74) is -3.98. The van der Waals surface area contributed by atoms with Crippen LogP contribution in [0.2, 0.25) is 0 Å². The average Bonchev–Trinajstić information content (AvgIpc) is 2.72. The molecule has 2 rings (SSSR count). The molecule has 0 aliphatic carbocycles. The van der Waals surface area contributed by atoms with Gasteiger partial charge < -0.3 is 9.64 Å². The highest BCUT2D eigenvalue weighted by Gasteiger charge is 2.46. The fourth-order valence-corrected chi connectivity index (χ4v) is 3.69. The topological polar surface area (TPSA) is 58.6 Å². The van der Waals surface area contributed by atoms with Crippen molar-refractivity contribution < 1.29 is 26.3 Å². The number of ether oxygens (including phenoxy) is 1. The lowest BCUT2D eigenvalue weighted by Gasteiger charge is -2.21. The van der Waals surface area contributed by atoms with Crippen molar-refractivity contribution in [2.24, 2.45) is 0 Å². The first-order valence-corrected chi connectivity index (χ1v) is 11.8. The molecule has 31 heavy (non-hydrogen) atoms. The number of rotatable bonds is 12. The molecule has 0 aromatic heterocycles. The fraction of sp³-hybridized carbons (Fsp3) is 0.455. The first-order chi connectivity index (χ1) is 14.7. The molecule has 2 aromatic rings. The maximum atomic E-state index is 12.8. The lowest BCUT2D eigenvalue weighted by molar-refractivity contribution is -0.0429. The molecule has 1 N–H and O–H groups in total. The van der Waals surface area contributed by atoms with Gasteiger partial charge in [-0.3, -0.25) is 4.72 Å². The van der Waals surface area contributed by atoms with Gasteiger partial charge in [-0.2, -0.15) is 21.6 Å². The molecule has 0 aliphatic heterocycles. The van der Waals surface area contributed by atoms with Gasteiger partial charge in [0.05, 0.1) is 5.69 Å². The molecule has 0 heterocycles. The van der Waals surface area contributed by atoms with E-state index >= 15 is 0 Å². The van der Waals surface area contributed by atoms with Crippen molar-refractivity contribution in [3.8, 4) is 5.75 Å². The third-order valence-corrected chi connectivity index (χ3v) is 5.73. The van der Waals surface area contributed by atoms with E-state index in [1.165, 1.54) is 6.07 Å². The molecule has 0 radical (unpaired) electrons. The maximum absolute atomic E-state index is 12.8. The summed E-state index contributed by atoms with van der Waals surface area (Å²) in [7, 11) is -5.55. The largest absolute Gasteiger partial charge is 0.516 e. The molecule has 0 aliphatic rings. The standard InChI is InChI=1S/C22H29F3N2O3S/c1-3-13-27(14-4-2)15-12-18-10-11-20(26-31(28,29)22(23,24)25)21(16-18)30-17-19-8-6-5-7-9-19/h5-11,16,26H,3-4,12-15,17H2,1-2H3. The highest BCUT2D eigenvalue weighted by atomic mass is 32.2. The van der Waals surface area contributed by atoms with E-state index < -0.39 is 15.5 Å². The minimum Gasteiger partial charge on any atom is -0.487 e. The summed E-state index contributed by atoms with van der Waals surface area (Å²) in [6.07, 6.45) is 2.74. The first-order valence-electron chi connectivity index (χ1n) is 10.3. The van der Waals surface area contributed by atoms with Crippen LogP contribution in [-0.2, 0) is 23.1 Å². The van der Waals surface area contributed by atoms with Crippen LogP contribution in [0.25, 0.3) is 0 Å². The second kappa shape index (κ2) is 11.4. The van der Waals surface area contributed by atoms with E-state index in [1.807, 2.05) is 30.3 Å². The van der Waals surface area contributed by atoms with Crippen molar-refractivity contribution >= 4 is 15.7 Å². The second-order valence-corrected chi connectivity index (χ2v) is 8.92. The lowest BCUT2D eigenvalue weighted by atomic mass is 10.1. The van der Waals surface area contributed by atoms with Crippen molar-refractivity contribution in [3.63, 3.8) is 0 Å². The monoisotopic (exact) mass is 458 g/mol. The van der Waals surface area contributed by atoms with Gasteiger partial charge in [0.1, 0.15) is 12.4 Å². The smallest absolute Gasteiger partial charge is 0.487 e. The van der Waals surface area contributed by atoms with Crippen molar-refractivity contribution in [2.75, 3.05) is 24.4 Å². The van der Waals surface area contributed by atoms with Gasteiger partial charge in [0.25, 0.3) is 0 Å². The Morgan fingerprint density at radius 3 is 2.16 bits per heavy atom. The number of alkyl halides is 3. The molecule has 5 nitrogen and oxygen atoms in total. The second-order valence-electron chi connectivity index (χ2n) is 7.25. The molecule has 9 heteroatoms. The van der Waals surface area contributed by atoms with Crippen LogP contribution in [0.15, 0.2) is 48.5 Å². The minimum atomic E-state index is -5.55. The third kappa shape index (κ3) is 7.74. The number of halogens is 3. The Morgan fingerprint density at radius 1 is 0.935 bits per heavy atom. The van der Waals surface area contributed by atoms with Crippen molar-refractivity contribution in [1.29, 1.82) is 0 Å². The Morgan fingerprint density at radius 2 is 1.58 bits per heavy atom. The number of nitrogens with zero attached hydrogens (tertiary/aromatic N) is 1. The van der Waals surface area contributed by atoms with E-state index in [4.69, 9.17) is 4.74 Å². The van der Waals surface area contributed by atoms with Gasteiger partial charge in [-0.25, -0.2) is 0 Å². The van der Waals surface area contributed by atoms with Gasteiger partial charge in [-0.1, -0.05) is 50.2 Å². The molecule has 172 valence electrons. The van der Waals surface area contributed by atoms with Crippen LogP contribution in [0.1, 0.15) is 37.8 Å². The molecule has 0 spiro atoms. The van der Waals surface area contributed by atoms with E-state index in [9.17, 15) is 21.6 Å². The van der Waals surface area contributed by atoms with E-state index in [-0.39, 0.29) is 18.0 Å². The fourth-order valence-electron chi connectivity index (χ4n) is 3.12. The Labute approximate surface area is 182 Å². The van der Waals surface area contributed by atoms with Gasteiger partial charge in [-0.05, 0) is 55.6 Å². The molecule has 2 aromatic carbocycles. The first kappa shape index (κ1) is 25.0. The highest BCUT2D eigenvalue weighted by molar-refractivity contribution is 7.93. The van der Waals surface area contributed by atoms with Gasteiger partial charge in [0.2, 0.25) is 0 Å². The van der Waals surface area contributed by atoms with Crippen LogP contribution in [-0.4, -0.2) is 38.5 Å². The highest BCUT2D eigenvalue weighted by Crippen LogP contribution is 2.32. The van der Waals surface area contributed by atoms with E-state index in [0.717, 1.165) is 43.6 Å². The zero-order valence-corrected chi connectivity index (χ0v) is 18.6. The van der Waals surface area contributed by atoms with Crippen molar-refractivity contribution in [2.45, 2.75) is 45.2 Å². The van der Waals surface area contributed by atoms with Crippen LogP contribution >= 0.6 is 0 Å². The molecule has 0 unspecified atom stereocenters. The Balaban J connectivity index is 2.23. The molecule has 0 bridgehead atoms. The number of benzene rings is 2. The van der Waals surface area contributed by atoms with E-state index in [1.54, 1.807) is 16.9 Å². The Bertz CT molecular complexity index is 913. The normalized spacial score (nSPS) is 12.2. The zero-order valence-electron chi connectivity index (χ0n) is 17.8. The minimum absolute atomic E-state index is 0.0618. The number of hydrogen-bond acceptors (Lipinski definition) is 4. The molecule has 0 fully saturated rings. The maximum Gasteiger partial charge on any atom is 0.516 e. The Hall–Kier alpha value is -2.26. The van der Waals surface area contributed by atoms with Crippen LogP contribution in [0.5, 0.6) is 5.75 Å². The number of nitrogens with one attached hydrogen (secondary N) is 1. The predicted octanol–water partition coefficient (Wildman–Crippen LogP) is 5.19. The van der Waals surface area contributed by atoms with E-state index in [2.05, 4.69) is 18.7 Å². The average molecular weight is 459 g/mol. The third-order valence-electron chi connectivity index (χ3n) is 4.63.